The molecule has 134 valence electrons. The molecule has 0 heterocycles. The fourth-order valence-corrected chi connectivity index (χ4v) is 4.01. The number of halogens is 2. The summed E-state index contributed by atoms with van der Waals surface area (Å²) in [4.78, 5) is 11.5. The highest BCUT2D eigenvalue weighted by molar-refractivity contribution is 7.93. The Balaban J connectivity index is 2.52. The van der Waals surface area contributed by atoms with E-state index < -0.39 is 27.1 Å². The quantitative estimate of drug-likeness (QED) is 0.683. The lowest BCUT2D eigenvalue weighted by Gasteiger charge is -2.28. The molecule has 1 unspecified atom stereocenters. The Hall–Kier alpha value is -2.12. The smallest absolute Gasteiger partial charge is 0.265 e. The zero-order chi connectivity index (χ0) is 18.6. The average Bonchev–Trinajstić information content (AvgIpc) is 2.57. The molecule has 0 spiro atoms. The van der Waals surface area contributed by atoms with Gasteiger partial charge in [0.25, 0.3) is 10.0 Å². The van der Waals surface area contributed by atoms with Gasteiger partial charge in [0.2, 0.25) is 5.24 Å². The van der Waals surface area contributed by atoms with E-state index in [0.717, 1.165) is 28.6 Å². The van der Waals surface area contributed by atoms with E-state index in [4.69, 9.17) is 16.3 Å². The zero-order valence-electron chi connectivity index (χ0n) is 13.6. The van der Waals surface area contributed by atoms with Crippen molar-refractivity contribution in [3.05, 3.63) is 54.3 Å². The molecule has 1 atom stereocenters. The van der Waals surface area contributed by atoms with Gasteiger partial charge in [0.15, 0.2) is 0 Å². The summed E-state index contributed by atoms with van der Waals surface area (Å²) in [5.41, 5.74) is 0.245. The minimum atomic E-state index is -4.12. The lowest BCUT2D eigenvalue weighted by atomic mass is 10.2. The Morgan fingerprint density at radius 3 is 2.20 bits per heavy atom. The summed E-state index contributed by atoms with van der Waals surface area (Å²) < 4.78 is 45.3. The largest absolute Gasteiger partial charge is 0.494 e. The van der Waals surface area contributed by atoms with Crippen LogP contribution < -0.4 is 9.04 Å². The van der Waals surface area contributed by atoms with E-state index in [1.165, 1.54) is 19.1 Å². The Labute approximate surface area is 151 Å². The van der Waals surface area contributed by atoms with Gasteiger partial charge in [0.05, 0.1) is 17.2 Å². The highest BCUT2D eigenvalue weighted by Gasteiger charge is 2.32. The van der Waals surface area contributed by atoms with Crippen LogP contribution in [0.3, 0.4) is 0 Å². The Bertz CT molecular complexity index is 838. The van der Waals surface area contributed by atoms with Crippen molar-refractivity contribution in [2.24, 2.45) is 0 Å². The van der Waals surface area contributed by atoms with E-state index in [1.54, 1.807) is 12.1 Å². The van der Waals surface area contributed by atoms with Gasteiger partial charge in [-0.3, -0.25) is 9.10 Å². The maximum Gasteiger partial charge on any atom is 0.265 e. The molecule has 2 aromatic carbocycles. The number of nitrogens with zero attached hydrogens (tertiary/aromatic N) is 1. The number of anilines is 1. The molecule has 0 aliphatic heterocycles. The minimum Gasteiger partial charge on any atom is -0.494 e. The first kappa shape index (κ1) is 19.2. The van der Waals surface area contributed by atoms with Crippen LogP contribution in [0.15, 0.2) is 53.4 Å². The number of carbonyl (C=O) groups is 1. The van der Waals surface area contributed by atoms with E-state index in [-0.39, 0.29) is 10.6 Å². The van der Waals surface area contributed by atoms with Crippen molar-refractivity contribution < 1.29 is 22.3 Å². The zero-order valence-corrected chi connectivity index (χ0v) is 15.2. The SMILES string of the molecule is CCOc1ccc(N(C(C)C(=O)Cl)S(=O)(=O)c2ccc(F)cc2)cc1. The van der Waals surface area contributed by atoms with Gasteiger partial charge >= 0.3 is 0 Å². The van der Waals surface area contributed by atoms with Crippen LogP contribution in [0.25, 0.3) is 0 Å². The molecule has 0 amide bonds. The van der Waals surface area contributed by atoms with Crippen LogP contribution in [-0.2, 0) is 14.8 Å². The second-order valence-corrected chi connectivity index (χ2v) is 7.35. The van der Waals surface area contributed by atoms with Gasteiger partial charge in [-0.2, -0.15) is 0 Å². The van der Waals surface area contributed by atoms with Crippen molar-refractivity contribution in [2.75, 3.05) is 10.9 Å². The van der Waals surface area contributed by atoms with Gasteiger partial charge in [-0.1, -0.05) is 0 Å². The van der Waals surface area contributed by atoms with Gasteiger partial charge in [-0.25, -0.2) is 12.8 Å². The van der Waals surface area contributed by atoms with Gasteiger partial charge in [-0.05, 0) is 74.0 Å². The average molecular weight is 386 g/mol. The van der Waals surface area contributed by atoms with E-state index in [2.05, 4.69) is 0 Å². The van der Waals surface area contributed by atoms with E-state index in [9.17, 15) is 17.6 Å². The lowest BCUT2D eigenvalue weighted by molar-refractivity contribution is -0.112. The predicted octanol–water partition coefficient (Wildman–Crippen LogP) is 3.57. The molecule has 5 nitrogen and oxygen atoms in total. The number of ether oxygens (including phenoxy) is 1. The summed E-state index contributed by atoms with van der Waals surface area (Å²) in [7, 11) is -4.12. The first-order valence-corrected chi connectivity index (χ1v) is 9.31. The third kappa shape index (κ3) is 4.29. The monoisotopic (exact) mass is 385 g/mol. The molecule has 0 N–H and O–H groups in total. The summed E-state index contributed by atoms with van der Waals surface area (Å²) in [6.07, 6.45) is 0. The predicted molar refractivity (Wildman–Crippen MR) is 94.0 cm³/mol. The van der Waals surface area contributed by atoms with Crippen molar-refractivity contribution in [3.8, 4) is 5.75 Å². The van der Waals surface area contributed by atoms with Crippen LogP contribution in [-0.4, -0.2) is 26.3 Å². The molecule has 0 fully saturated rings. The molecule has 25 heavy (non-hydrogen) atoms. The normalized spacial score (nSPS) is 12.5. The second kappa shape index (κ2) is 7.84. The standard InChI is InChI=1S/C17H17ClFNO4S/c1-3-24-15-8-6-14(7-9-15)20(12(2)17(18)21)25(22,23)16-10-4-13(19)5-11-16/h4-12H,3H2,1-2H3. The second-order valence-electron chi connectivity index (χ2n) is 5.16. The van der Waals surface area contributed by atoms with E-state index in [0.29, 0.717) is 12.4 Å². The van der Waals surface area contributed by atoms with Crippen LogP contribution in [0, 0.1) is 5.82 Å². The molecule has 8 heteroatoms. The first-order valence-electron chi connectivity index (χ1n) is 7.49. The summed E-state index contributed by atoms with van der Waals surface area (Å²) >= 11 is 5.54. The van der Waals surface area contributed by atoms with Crippen LogP contribution in [0.1, 0.15) is 13.8 Å². The van der Waals surface area contributed by atoms with Crippen molar-refractivity contribution >= 4 is 32.6 Å². The van der Waals surface area contributed by atoms with Gasteiger partial charge in [0, 0.05) is 0 Å². The van der Waals surface area contributed by atoms with Gasteiger partial charge < -0.3 is 4.74 Å². The molecule has 0 saturated carbocycles. The summed E-state index contributed by atoms with van der Waals surface area (Å²) in [5.74, 6) is 0.00303. The molecule has 0 saturated heterocycles. The molecule has 0 aliphatic rings. The minimum absolute atomic E-state index is 0.146. The Morgan fingerprint density at radius 2 is 1.72 bits per heavy atom. The van der Waals surface area contributed by atoms with Gasteiger partial charge in [0.1, 0.15) is 17.6 Å². The van der Waals surface area contributed by atoms with Crippen molar-refractivity contribution in [1.82, 2.24) is 0 Å². The summed E-state index contributed by atoms with van der Waals surface area (Å²) in [6.45, 7) is 3.67. The number of rotatable bonds is 7. The fraction of sp³-hybridized carbons (Fsp3) is 0.235. The molecule has 2 rings (SSSR count). The fourth-order valence-electron chi connectivity index (χ4n) is 2.24. The number of sulfonamides is 1. The van der Waals surface area contributed by atoms with E-state index in [1.807, 2.05) is 6.92 Å². The molecule has 0 aliphatic carbocycles. The third-order valence-corrected chi connectivity index (χ3v) is 5.68. The number of carbonyl (C=O) groups excluding carboxylic acids is 1. The summed E-state index contributed by atoms with van der Waals surface area (Å²) in [6, 6.07) is 9.43. The highest BCUT2D eigenvalue weighted by atomic mass is 35.5. The molecule has 0 bridgehead atoms. The van der Waals surface area contributed by atoms with Gasteiger partial charge in [-0.15, -0.1) is 0 Å². The highest BCUT2D eigenvalue weighted by Crippen LogP contribution is 2.28. The molecule has 2 aromatic rings. The number of hydrogen-bond donors (Lipinski definition) is 0. The van der Waals surface area contributed by atoms with Crippen LogP contribution >= 0.6 is 11.6 Å². The maximum atomic E-state index is 13.1. The van der Waals surface area contributed by atoms with Crippen molar-refractivity contribution in [3.63, 3.8) is 0 Å². The first-order chi connectivity index (χ1) is 11.8. The Kier molecular flexibility index (Phi) is 6.02. The lowest BCUT2D eigenvalue weighted by Crippen LogP contribution is -2.42. The number of hydrogen-bond acceptors (Lipinski definition) is 4. The number of benzene rings is 2. The maximum absolute atomic E-state index is 13.1. The topological polar surface area (TPSA) is 63.7 Å². The molecular weight excluding hydrogens is 369 g/mol. The van der Waals surface area contributed by atoms with Crippen LogP contribution in [0.4, 0.5) is 10.1 Å². The van der Waals surface area contributed by atoms with Crippen molar-refractivity contribution in [2.45, 2.75) is 24.8 Å². The molecule has 0 radical (unpaired) electrons. The Morgan fingerprint density at radius 1 is 1.16 bits per heavy atom. The summed E-state index contributed by atoms with van der Waals surface area (Å²) in [5, 5.41) is -0.834. The third-order valence-electron chi connectivity index (χ3n) is 3.45. The van der Waals surface area contributed by atoms with Crippen LogP contribution in [0.5, 0.6) is 5.75 Å². The van der Waals surface area contributed by atoms with Crippen molar-refractivity contribution in [1.29, 1.82) is 0 Å². The molecule has 0 aromatic heterocycles. The molecular formula is C17H17ClFNO4S. The van der Waals surface area contributed by atoms with E-state index >= 15 is 0 Å². The van der Waals surface area contributed by atoms with Crippen LogP contribution in [0.2, 0.25) is 0 Å².